The quantitative estimate of drug-likeness (QED) is 0.618. The van der Waals surface area contributed by atoms with Crippen molar-refractivity contribution in [2.45, 2.75) is 12.3 Å². The SMILES string of the molecule is CCOC(=O)C(Cl)c1c(Cl)cccc1OC. The van der Waals surface area contributed by atoms with Gasteiger partial charge in [0.25, 0.3) is 0 Å². The number of hydrogen-bond acceptors (Lipinski definition) is 3. The molecule has 1 rings (SSSR count). The summed E-state index contributed by atoms with van der Waals surface area (Å²) >= 11 is 12.0. The molecule has 1 atom stereocenters. The van der Waals surface area contributed by atoms with Crippen LogP contribution < -0.4 is 4.74 Å². The summed E-state index contributed by atoms with van der Waals surface area (Å²) in [6, 6.07) is 5.06. The van der Waals surface area contributed by atoms with E-state index in [1.807, 2.05) is 0 Å². The molecule has 0 heterocycles. The van der Waals surface area contributed by atoms with Crippen molar-refractivity contribution in [2.24, 2.45) is 0 Å². The number of ether oxygens (including phenoxy) is 2. The molecule has 0 spiro atoms. The predicted molar refractivity (Wildman–Crippen MR) is 63.2 cm³/mol. The van der Waals surface area contributed by atoms with Crippen LogP contribution in [0, 0.1) is 0 Å². The van der Waals surface area contributed by atoms with Crippen LogP contribution in [0.3, 0.4) is 0 Å². The lowest BCUT2D eigenvalue weighted by Gasteiger charge is -2.14. The van der Waals surface area contributed by atoms with E-state index in [0.29, 0.717) is 16.3 Å². The molecule has 0 aliphatic carbocycles. The zero-order valence-corrected chi connectivity index (χ0v) is 10.5. The predicted octanol–water partition coefficient (Wildman–Crippen LogP) is 3.19. The Labute approximate surface area is 104 Å². The van der Waals surface area contributed by atoms with Gasteiger partial charge in [0, 0.05) is 10.6 Å². The maximum Gasteiger partial charge on any atom is 0.328 e. The molecule has 1 aromatic rings. The third-order valence-corrected chi connectivity index (χ3v) is 2.71. The van der Waals surface area contributed by atoms with Crippen molar-refractivity contribution in [3.63, 3.8) is 0 Å². The molecule has 0 bridgehead atoms. The molecule has 88 valence electrons. The first-order valence-corrected chi connectivity index (χ1v) is 5.56. The van der Waals surface area contributed by atoms with Crippen LogP contribution in [0.1, 0.15) is 17.9 Å². The monoisotopic (exact) mass is 262 g/mol. The average molecular weight is 263 g/mol. The lowest BCUT2D eigenvalue weighted by molar-refractivity contribution is -0.142. The third-order valence-electron chi connectivity index (χ3n) is 1.98. The van der Waals surface area contributed by atoms with Gasteiger partial charge in [0.1, 0.15) is 5.75 Å². The molecule has 0 saturated carbocycles. The fourth-order valence-corrected chi connectivity index (χ4v) is 1.89. The van der Waals surface area contributed by atoms with Crippen LogP contribution in [0.5, 0.6) is 5.75 Å². The molecule has 0 aromatic heterocycles. The minimum absolute atomic E-state index is 0.273. The molecule has 1 aromatic carbocycles. The summed E-state index contributed by atoms with van der Waals surface area (Å²) in [6.07, 6.45) is 0. The van der Waals surface area contributed by atoms with Crippen LogP contribution in [0.15, 0.2) is 18.2 Å². The van der Waals surface area contributed by atoms with Gasteiger partial charge in [-0.3, -0.25) is 4.79 Å². The summed E-state index contributed by atoms with van der Waals surface area (Å²) in [5, 5.41) is -0.573. The van der Waals surface area contributed by atoms with E-state index in [1.54, 1.807) is 25.1 Å². The van der Waals surface area contributed by atoms with Gasteiger partial charge in [-0.1, -0.05) is 17.7 Å². The second-order valence-electron chi connectivity index (χ2n) is 2.97. The van der Waals surface area contributed by atoms with Gasteiger partial charge in [0.2, 0.25) is 0 Å². The molecule has 3 nitrogen and oxygen atoms in total. The van der Waals surface area contributed by atoms with Gasteiger partial charge in [-0.15, -0.1) is 11.6 Å². The van der Waals surface area contributed by atoms with Crippen LogP contribution in [-0.4, -0.2) is 19.7 Å². The number of benzene rings is 1. The second kappa shape index (κ2) is 5.97. The fraction of sp³-hybridized carbons (Fsp3) is 0.364. The highest BCUT2D eigenvalue weighted by atomic mass is 35.5. The molecule has 16 heavy (non-hydrogen) atoms. The Morgan fingerprint density at radius 1 is 1.50 bits per heavy atom. The molecule has 0 aliphatic heterocycles. The minimum atomic E-state index is -0.955. The number of hydrogen-bond donors (Lipinski definition) is 0. The van der Waals surface area contributed by atoms with Crippen molar-refractivity contribution in [1.29, 1.82) is 0 Å². The number of rotatable bonds is 4. The van der Waals surface area contributed by atoms with Crippen molar-refractivity contribution < 1.29 is 14.3 Å². The molecule has 0 saturated heterocycles. The maximum atomic E-state index is 11.5. The third kappa shape index (κ3) is 2.80. The summed E-state index contributed by atoms with van der Waals surface area (Å²) in [4.78, 5) is 11.5. The topological polar surface area (TPSA) is 35.5 Å². The number of alkyl halides is 1. The van der Waals surface area contributed by atoms with Crippen LogP contribution >= 0.6 is 23.2 Å². The standard InChI is InChI=1S/C11H12Cl2O3/c1-3-16-11(14)10(13)9-7(12)5-4-6-8(9)15-2/h4-6,10H,3H2,1-2H3. The van der Waals surface area contributed by atoms with E-state index in [-0.39, 0.29) is 6.61 Å². The van der Waals surface area contributed by atoms with E-state index in [2.05, 4.69) is 0 Å². The van der Waals surface area contributed by atoms with E-state index < -0.39 is 11.3 Å². The minimum Gasteiger partial charge on any atom is -0.496 e. The Hall–Kier alpha value is -0.930. The Morgan fingerprint density at radius 2 is 2.19 bits per heavy atom. The summed E-state index contributed by atoms with van der Waals surface area (Å²) in [5.41, 5.74) is 0.437. The van der Waals surface area contributed by atoms with E-state index in [1.165, 1.54) is 7.11 Å². The van der Waals surface area contributed by atoms with Crippen LogP contribution in [0.4, 0.5) is 0 Å². The first-order valence-electron chi connectivity index (χ1n) is 4.74. The first kappa shape index (κ1) is 13.1. The van der Waals surface area contributed by atoms with E-state index in [0.717, 1.165) is 0 Å². The van der Waals surface area contributed by atoms with Gasteiger partial charge in [-0.05, 0) is 19.1 Å². The summed E-state index contributed by atoms with van der Waals surface area (Å²) in [5.74, 6) is -0.0591. The number of halogens is 2. The molecular formula is C11H12Cl2O3. The normalized spacial score (nSPS) is 12.0. The number of esters is 1. The smallest absolute Gasteiger partial charge is 0.328 e. The molecule has 0 fully saturated rings. The number of methoxy groups -OCH3 is 1. The van der Waals surface area contributed by atoms with Crippen LogP contribution in [0.2, 0.25) is 5.02 Å². The highest BCUT2D eigenvalue weighted by Gasteiger charge is 2.25. The summed E-state index contributed by atoms with van der Waals surface area (Å²) in [6.45, 7) is 1.99. The lowest BCUT2D eigenvalue weighted by atomic mass is 10.1. The Morgan fingerprint density at radius 3 is 2.75 bits per heavy atom. The number of carbonyl (C=O) groups is 1. The largest absolute Gasteiger partial charge is 0.496 e. The highest BCUT2D eigenvalue weighted by Crippen LogP contribution is 2.36. The molecule has 0 radical (unpaired) electrons. The second-order valence-corrected chi connectivity index (χ2v) is 3.81. The molecule has 0 amide bonds. The maximum absolute atomic E-state index is 11.5. The number of carbonyl (C=O) groups excluding carboxylic acids is 1. The summed E-state index contributed by atoms with van der Waals surface area (Å²) in [7, 11) is 1.49. The highest BCUT2D eigenvalue weighted by molar-refractivity contribution is 6.35. The molecule has 1 unspecified atom stereocenters. The first-order chi connectivity index (χ1) is 7.61. The van der Waals surface area contributed by atoms with Crippen LogP contribution in [0.25, 0.3) is 0 Å². The van der Waals surface area contributed by atoms with Gasteiger partial charge in [0.15, 0.2) is 5.38 Å². The van der Waals surface area contributed by atoms with Gasteiger partial charge in [-0.2, -0.15) is 0 Å². The van der Waals surface area contributed by atoms with E-state index in [4.69, 9.17) is 32.7 Å². The molecule has 0 N–H and O–H groups in total. The van der Waals surface area contributed by atoms with Gasteiger partial charge in [-0.25, -0.2) is 0 Å². The zero-order valence-electron chi connectivity index (χ0n) is 9.00. The lowest BCUT2D eigenvalue weighted by Crippen LogP contribution is -2.12. The molecular weight excluding hydrogens is 251 g/mol. The average Bonchev–Trinajstić information content (AvgIpc) is 2.28. The van der Waals surface area contributed by atoms with Crippen LogP contribution in [-0.2, 0) is 9.53 Å². The Balaban J connectivity index is 3.06. The van der Waals surface area contributed by atoms with Gasteiger partial charge < -0.3 is 9.47 Å². The van der Waals surface area contributed by atoms with E-state index >= 15 is 0 Å². The van der Waals surface area contributed by atoms with Crippen molar-refractivity contribution in [3.05, 3.63) is 28.8 Å². The summed E-state index contributed by atoms with van der Waals surface area (Å²) < 4.78 is 9.93. The van der Waals surface area contributed by atoms with Gasteiger partial charge in [0.05, 0.1) is 13.7 Å². The van der Waals surface area contributed by atoms with Crippen molar-refractivity contribution in [1.82, 2.24) is 0 Å². The van der Waals surface area contributed by atoms with E-state index in [9.17, 15) is 4.79 Å². The zero-order chi connectivity index (χ0) is 12.1. The van der Waals surface area contributed by atoms with Crippen molar-refractivity contribution >= 4 is 29.2 Å². The molecule has 5 heteroatoms. The van der Waals surface area contributed by atoms with Crippen molar-refractivity contribution in [3.8, 4) is 5.75 Å². The van der Waals surface area contributed by atoms with Crippen molar-refractivity contribution in [2.75, 3.05) is 13.7 Å². The Bertz CT molecular complexity index is 379. The Kier molecular flexibility index (Phi) is 4.90. The fourth-order valence-electron chi connectivity index (χ4n) is 1.27. The van der Waals surface area contributed by atoms with Gasteiger partial charge >= 0.3 is 5.97 Å². The molecule has 0 aliphatic rings.